The summed E-state index contributed by atoms with van der Waals surface area (Å²) in [6.45, 7) is 5.75. The lowest BCUT2D eigenvalue weighted by molar-refractivity contribution is -0.124. The smallest absolute Gasteiger partial charge is 0.269 e. The molecule has 0 aliphatic carbocycles. The van der Waals surface area contributed by atoms with Gasteiger partial charge in [0.2, 0.25) is 0 Å². The second-order valence-corrected chi connectivity index (χ2v) is 6.70. The quantitative estimate of drug-likeness (QED) is 0.603. The van der Waals surface area contributed by atoms with Crippen molar-refractivity contribution in [3.05, 3.63) is 76.8 Å². The second-order valence-electron chi connectivity index (χ2n) is 6.30. The SMILES string of the molecule is Cc1ccc(CN(C(=O)C(C)Oc2ccc(Cl)c(C)c2)c2ccccn2)o1. The molecule has 0 radical (unpaired) electrons. The molecule has 0 fully saturated rings. The third-order valence-corrected chi connectivity index (χ3v) is 4.52. The molecule has 140 valence electrons. The highest BCUT2D eigenvalue weighted by atomic mass is 35.5. The van der Waals surface area contributed by atoms with E-state index in [1.54, 1.807) is 42.3 Å². The van der Waals surface area contributed by atoms with E-state index in [1.165, 1.54) is 0 Å². The molecular formula is C21H21ClN2O3. The summed E-state index contributed by atoms with van der Waals surface area (Å²) in [4.78, 5) is 19.0. The number of aromatic nitrogens is 1. The minimum absolute atomic E-state index is 0.213. The lowest BCUT2D eigenvalue weighted by Gasteiger charge is -2.24. The van der Waals surface area contributed by atoms with Gasteiger partial charge in [-0.25, -0.2) is 4.98 Å². The molecule has 0 bridgehead atoms. The highest BCUT2D eigenvalue weighted by Gasteiger charge is 2.25. The van der Waals surface area contributed by atoms with Gasteiger partial charge < -0.3 is 9.15 Å². The van der Waals surface area contributed by atoms with E-state index in [4.69, 9.17) is 20.8 Å². The normalized spacial score (nSPS) is 11.9. The van der Waals surface area contributed by atoms with Crippen LogP contribution >= 0.6 is 11.6 Å². The zero-order valence-electron chi connectivity index (χ0n) is 15.5. The minimum atomic E-state index is -0.705. The largest absolute Gasteiger partial charge is 0.481 e. The van der Waals surface area contributed by atoms with Gasteiger partial charge in [0.1, 0.15) is 23.1 Å². The van der Waals surface area contributed by atoms with Crippen LogP contribution in [0.2, 0.25) is 5.02 Å². The van der Waals surface area contributed by atoms with Gasteiger partial charge in [-0.1, -0.05) is 17.7 Å². The Kier molecular flexibility index (Phi) is 5.81. The number of benzene rings is 1. The Labute approximate surface area is 163 Å². The molecule has 27 heavy (non-hydrogen) atoms. The monoisotopic (exact) mass is 384 g/mol. The van der Waals surface area contributed by atoms with Gasteiger partial charge in [0.25, 0.3) is 5.91 Å². The lowest BCUT2D eigenvalue weighted by Crippen LogP contribution is -2.40. The van der Waals surface area contributed by atoms with E-state index in [2.05, 4.69) is 4.98 Å². The Bertz CT molecular complexity index is 924. The highest BCUT2D eigenvalue weighted by Crippen LogP contribution is 2.23. The Balaban J connectivity index is 1.81. The fraction of sp³-hybridized carbons (Fsp3) is 0.238. The first-order valence-electron chi connectivity index (χ1n) is 8.64. The Hall–Kier alpha value is -2.79. The number of anilines is 1. The standard InChI is InChI=1S/C21H21ClN2O3/c1-14-12-17(9-10-19(14)22)27-16(3)21(25)24(20-6-4-5-11-23-20)13-18-8-7-15(2)26-18/h4-12,16H,13H2,1-3H3. The summed E-state index contributed by atoms with van der Waals surface area (Å²) in [7, 11) is 0. The number of carbonyl (C=O) groups is 1. The predicted molar refractivity (Wildman–Crippen MR) is 105 cm³/mol. The van der Waals surface area contributed by atoms with Crippen LogP contribution in [0.1, 0.15) is 24.0 Å². The average molecular weight is 385 g/mol. The van der Waals surface area contributed by atoms with Crippen LogP contribution < -0.4 is 9.64 Å². The van der Waals surface area contributed by atoms with Crippen LogP contribution in [-0.4, -0.2) is 17.0 Å². The second kappa shape index (κ2) is 8.27. The molecule has 1 unspecified atom stereocenters. The fourth-order valence-corrected chi connectivity index (χ4v) is 2.79. The van der Waals surface area contributed by atoms with Crippen molar-refractivity contribution in [2.75, 3.05) is 4.90 Å². The molecule has 5 nitrogen and oxygen atoms in total. The molecule has 3 rings (SSSR count). The number of amides is 1. The van der Waals surface area contributed by atoms with E-state index < -0.39 is 6.10 Å². The third-order valence-electron chi connectivity index (χ3n) is 4.09. The predicted octanol–water partition coefficient (Wildman–Crippen LogP) is 4.95. The van der Waals surface area contributed by atoms with Crippen LogP contribution in [0.15, 0.2) is 59.1 Å². The maximum absolute atomic E-state index is 13.1. The highest BCUT2D eigenvalue weighted by molar-refractivity contribution is 6.31. The van der Waals surface area contributed by atoms with Crippen LogP contribution in [0.5, 0.6) is 5.75 Å². The Morgan fingerprint density at radius 3 is 2.67 bits per heavy atom. The number of nitrogens with zero attached hydrogens (tertiary/aromatic N) is 2. The fourth-order valence-electron chi connectivity index (χ4n) is 2.68. The molecule has 0 spiro atoms. The van der Waals surface area contributed by atoms with Crippen molar-refractivity contribution < 1.29 is 13.9 Å². The van der Waals surface area contributed by atoms with Gasteiger partial charge in [-0.05, 0) is 68.8 Å². The Morgan fingerprint density at radius 1 is 1.22 bits per heavy atom. The summed E-state index contributed by atoms with van der Waals surface area (Å²) in [6, 6.07) is 14.5. The van der Waals surface area contributed by atoms with Gasteiger partial charge in [0, 0.05) is 11.2 Å². The average Bonchev–Trinajstić information content (AvgIpc) is 3.08. The van der Waals surface area contributed by atoms with Gasteiger partial charge in [0.15, 0.2) is 6.10 Å². The zero-order chi connectivity index (χ0) is 19.4. The number of furan rings is 1. The van der Waals surface area contributed by atoms with Crippen LogP contribution in [0.25, 0.3) is 0 Å². The number of ether oxygens (including phenoxy) is 1. The summed E-state index contributed by atoms with van der Waals surface area (Å²) in [5, 5.41) is 0.657. The number of hydrogen-bond donors (Lipinski definition) is 0. The zero-order valence-corrected chi connectivity index (χ0v) is 16.2. The molecule has 1 aromatic carbocycles. The summed E-state index contributed by atoms with van der Waals surface area (Å²) < 4.78 is 11.5. The third kappa shape index (κ3) is 4.68. The van der Waals surface area contributed by atoms with Gasteiger partial charge in [0.05, 0.1) is 6.54 Å². The summed E-state index contributed by atoms with van der Waals surface area (Å²) in [5.74, 6) is 2.39. The van der Waals surface area contributed by atoms with Crippen LogP contribution in [0.4, 0.5) is 5.82 Å². The first-order chi connectivity index (χ1) is 12.9. The van der Waals surface area contributed by atoms with E-state index in [0.717, 1.165) is 11.3 Å². The number of hydrogen-bond acceptors (Lipinski definition) is 4. The molecule has 0 aliphatic rings. The number of aryl methyl sites for hydroxylation is 2. The molecule has 3 aromatic rings. The molecule has 2 aromatic heterocycles. The van der Waals surface area contributed by atoms with Crippen molar-refractivity contribution in [3.8, 4) is 5.75 Å². The first kappa shape index (κ1) is 19.0. The maximum Gasteiger partial charge on any atom is 0.269 e. The van der Waals surface area contributed by atoms with Crippen LogP contribution in [0.3, 0.4) is 0 Å². The van der Waals surface area contributed by atoms with E-state index in [-0.39, 0.29) is 12.5 Å². The first-order valence-corrected chi connectivity index (χ1v) is 9.02. The van der Waals surface area contributed by atoms with Crippen LogP contribution in [-0.2, 0) is 11.3 Å². The topological polar surface area (TPSA) is 55.6 Å². The van der Waals surface area contributed by atoms with Crippen molar-refractivity contribution >= 4 is 23.3 Å². The van der Waals surface area contributed by atoms with Crippen molar-refractivity contribution in [2.24, 2.45) is 0 Å². The van der Waals surface area contributed by atoms with Crippen molar-refractivity contribution in [3.63, 3.8) is 0 Å². The van der Waals surface area contributed by atoms with Gasteiger partial charge in [-0.3, -0.25) is 9.69 Å². The molecule has 2 heterocycles. The van der Waals surface area contributed by atoms with E-state index >= 15 is 0 Å². The molecule has 0 aliphatic heterocycles. The van der Waals surface area contributed by atoms with Gasteiger partial charge in [-0.15, -0.1) is 0 Å². The number of halogens is 1. The van der Waals surface area contributed by atoms with E-state index in [0.29, 0.717) is 22.4 Å². The molecule has 0 saturated heterocycles. The molecule has 0 saturated carbocycles. The summed E-state index contributed by atoms with van der Waals surface area (Å²) in [6.07, 6.45) is 0.945. The van der Waals surface area contributed by atoms with Gasteiger partial charge >= 0.3 is 0 Å². The van der Waals surface area contributed by atoms with Crippen molar-refractivity contribution in [1.82, 2.24) is 4.98 Å². The molecule has 1 amide bonds. The lowest BCUT2D eigenvalue weighted by atomic mass is 10.2. The number of rotatable bonds is 6. The van der Waals surface area contributed by atoms with E-state index in [1.807, 2.05) is 38.1 Å². The van der Waals surface area contributed by atoms with E-state index in [9.17, 15) is 4.79 Å². The minimum Gasteiger partial charge on any atom is -0.481 e. The summed E-state index contributed by atoms with van der Waals surface area (Å²) in [5.41, 5.74) is 0.890. The summed E-state index contributed by atoms with van der Waals surface area (Å²) >= 11 is 6.05. The number of pyridine rings is 1. The molecule has 1 atom stereocenters. The molecular weight excluding hydrogens is 364 g/mol. The van der Waals surface area contributed by atoms with Gasteiger partial charge in [-0.2, -0.15) is 0 Å². The molecule has 6 heteroatoms. The Morgan fingerprint density at radius 2 is 2.04 bits per heavy atom. The molecule has 0 N–H and O–H groups in total. The number of carbonyl (C=O) groups excluding carboxylic acids is 1. The van der Waals surface area contributed by atoms with Crippen molar-refractivity contribution in [1.29, 1.82) is 0 Å². The van der Waals surface area contributed by atoms with Crippen molar-refractivity contribution in [2.45, 2.75) is 33.4 Å². The maximum atomic E-state index is 13.1. The van der Waals surface area contributed by atoms with Crippen LogP contribution in [0, 0.1) is 13.8 Å².